The standard InChI is InChI=1S/C8H13N3/c1-7(6-9)4-5-11(3)8(2)10/h4-5,8H,1,10H2,2-3H3/b5-4-. The molecule has 0 aromatic rings. The van der Waals surface area contributed by atoms with Gasteiger partial charge in [0.1, 0.15) is 0 Å². The topological polar surface area (TPSA) is 53.0 Å². The Balaban J connectivity index is 3.95. The van der Waals surface area contributed by atoms with Gasteiger partial charge in [-0.2, -0.15) is 5.26 Å². The van der Waals surface area contributed by atoms with E-state index in [4.69, 9.17) is 11.0 Å². The van der Waals surface area contributed by atoms with Crippen LogP contribution in [0.2, 0.25) is 0 Å². The molecule has 3 heteroatoms. The predicted molar refractivity (Wildman–Crippen MR) is 45.3 cm³/mol. The van der Waals surface area contributed by atoms with E-state index in [1.807, 2.05) is 20.0 Å². The molecule has 3 nitrogen and oxygen atoms in total. The number of nitriles is 1. The summed E-state index contributed by atoms with van der Waals surface area (Å²) in [5, 5.41) is 8.34. The van der Waals surface area contributed by atoms with Crippen LogP contribution in [-0.2, 0) is 0 Å². The second-order valence-electron chi connectivity index (χ2n) is 2.36. The van der Waals surface area contributed by atoms with Crippen LogP contribution >= 0.6 is 0 Å². The second-order valence-corrected chi connectivity index (χ2v) is 2.36. The van der Waals surface area contributed by atoms with Gasteiger partial charge in [-0.15, -0.1) is 0 Å². The van der Waals surface area contributed by atoms with Crippen molar-refractivity contribution in [3.8, 4) is 6.07 Å². The van der Waals surface area contributed by atoms with Crippen molar-refractivity contribution in [3.63, 3.8) is 0 Å². The van der Waals surface area contributed by atoms with Gasteiger partial charge in [-0.3, -0.25) is 0 Å². The summed E-state index contributed by atoms with van der Waals surface area (Å²) in [6, 6.07) is 1.91. The van der Waals surface area contributed by atoms with E-state index in [1.165, 1.54) is 0 Å². The largest absolute Gasteiger partial charge is 0.366 e. The Hall–Kier alpha value is -1.27. The first kappa shape index (κ1) is 9.73. The van der Waals surface area contributed by atoms with Crippen LogP contribution in [0.4, 0.5) is 0 Å². The number of nitrogens with zero attached hydrogens (tertiary/aromatic N) is 2. The molecule has 0 aliphatic carbocycles. The maximum atomic E-state index is 8.34. The molecule has 0 aliphatic rings. The number of hydrogen-bond acceptors (Lipinski definition) is 3. The minimum atomic E-state index is -0.0438. The van der Waals surface area contributed by atoms with E-state index in [-0.39, 0.29) is 6.17 Å². The predicted octanol–water partition coefficient (Wildman–Crippen LogP) is 0.816. The average molecular weight is 151 g/mol. The Labute approximate surface area is 67.4 Å². The van der Waals surface area contributed by atoms with Crippen molar-refractivity contribution >= 4 is 0 Å². The zero-order valence-electron chi connectivity index (χ0n) is 6.91. The summed E-state index contributed by atoms with van der Waals surface area (Å²) in [7, 11) is 1.84. The molecule has 2 N–H and O–H groups in total. The molecule has 1 unspecified atom stereocenters. The van der Waals surface area contributed by atoms with Crippen molar-refractivity contribution in [1.29, 1.82) is 5.26 Å². The first-order valence-electron chi connectivity index (χ1n) is 3.32. The lowest BCUT2D eigenvalue weighted by Crippen LogP contribution is -2.31. The lowest BCUT2D eigenvalue weighted by Gasteiger charge is -2.17. The van der Waals surface area contributed by atoms with Crippen LogP contribution in [0.3, 0.4) is 0 Å². The summed E-state index contributed by atoms with van der Waals surface area (Å²) in [6.45, 7) is 5.35. The van der Waals surface area contributed by atoms with Crippen LogP contribution in [0, 0.1) is 11.3 Å². The van der Waals surface area contributed by atoms with Crippen LogP contribution in [0.1, 0.15) is 6.92 Å². The summed E-state index contributed by atoms with van der Waals surface area (Å²) >= 11 is 0. The molecule has 0 radical (unpaired) electrons. The van der Waals surface area contributed by atoms with Crippen LogP contribution in [0.25, 0.3) is 0 Å². The van der Waals surface area contributed by atoms with Gasteiger partial charge < -0.3 is 10.6 Å². The van der Waals surface area contributed by atoms with Gasteiger partial charge in [0.15, 0.2) is 0 Å². The molecule has 0 aromatic heterocycles. The van der Waals surface area contributed by atoms with Crippen molar-refractivity contribution < 1.29 is 0 Å². The Morgan fingerprint density at radius 1 is 1.82 bits per heavy atom. The third-order valence-electron chi connectivity index (χ3n) is 1.30. The van der Waals surface area contributed by atoms with Crippen molar-refractivity contribution in [3.05, 3.63) is 24.4 Å². The highest BCUT2D eigenvalue weighted by Crippen LogP contribution is 1.93. The molecule has 0 spiro atoms. The van der Waals surface area contributed by atoms with Gasteiger partial charge in [-0.1, -0.05) is 6.58 Å². The second kappa shape index (κ2) is 4.53. The van der Waals surface area contributed by atoms with Crippen LogP contribution in [0.5, 0.6) is 0 Å². The molecule has 0 saturated heterocycles. The number of allylic oxidation sites excluding steroid dienone is 2. The third-order valence-corrected chi connectivity index (χ3v) is 1.30. The molecular weight excluding hydrogens is 138 g/mol. The Kier molecular flexibility index (Phi) is 4.01. The molecule has 0 amide bonds. The highest BCUT2D eigenvalue weighted by atomic mass is 15.2. The third kappa shape index (κ3) is 4.18. The first-order chi connectivity index (χ1) is 5.07. The minimum absolute atomic E-state index is 0.0438. The van der Waals surface area contributed by atoms with Crippen LogP contribution < -0.4 is 5.73 Å². The van der Waals surface area contributed by atoms with E-state index in [0.29, 0.717) is 5.57 Å². The quantitative estimate of drug-likeness (QED) is 0.369. The molecule has 0 heterocycles. The summed E-state index contributed by atoms with van der Waals surface area (Å²) in [6.07, 6.45) is 3.32. The Morgan fingerprint density at radius 3 is 2.73 bits per heavy atom. The molecule has 1 atom stereocenters. The maximum absolute atomic E-state index is 8.34. The first-order valence-corrected chi connectivity index (χ1v) is 3.32. The normalized spacial score (nSPS) is 12.5. The van der Waals surface area contributed by atoms with Crippen molar-refractivity contribution in [2.45, 2.75) is 13.1 Å². The highest BCUT2D eigenvalue weighted by Gasteiger charge is 1.94. The lowest BCUT2D eigenvalue weighted by atomic mass is 10.3. The maximum Gasteiger partial charge on any atom is 0.0985 e. The van der Waals surface area contributed by atoms with E-state index in [2.05, 4.69) is 6.58 Å². The van der Waals surface area contributed by atoms with Gasteiger partial charge in [0.2, 0.25) is 0 Å². The fourth-order valence-electron chi connectivity index (χ4n) is 0.381. The van der Waals surface area contributed by atoms with Gasteiger partial charge >= 0.3 is 0 Å². The highest BCUT2D eigenvalue weighted by molar-refractivity contribution is 5.28. The molecule has 0 aliphatic heterocycles. The van der Waals surface area contributed by atoms with E-state index >= 15 is 0 Å². The monoisotopic (exact) mass is 151 g/mol. The van der Waals surface area contributed by atoms with Gasteiger partial charge in [0.05, 0.1) is 12.2 Å². The SMILES string of the molecule is C=C(C#N)/C=C\N(C)C(C)N. The Morgan fingerprint density at radius 2 is 2.36 bits per heavy atom. The van der Waals surface area contributed by atoms with Gasteiger partial charge in [-0.25, -0.2) is 0 Å². The summed E-state index contributed by atoms with van der Waals surface area (Å²) in [4.78, 5) is 1.79. The molecule has 0 fully saturated rings. The summed E-state index contributed by atoms with van der Waals surface area (Å²) < 4.78 is 0. The Bertz CT molecular complexity index is 198. The summed E-state index contributed by atoms with van der Waals surface area (Å²) in [5.41, 5.74) is 5.95. The molecular formula is C8H13N3. The van der Waals surface area contributed by atoms with Gasteiger partial charge in [-0.05, 0) is 13.0 Å². The molecule has 0 bridgehead atoms. The zero-order valence-corrected chi connectivity index (χ0v) is 6.91. The molecule has 0 rings (SSSR count). The fourth-order valence-corrected chi connectivity index (χ4v) is 0.381. The van der Waals surface area contributed by atoms with Gasteiger partial charge in [0, 0.05) is 18.8 Å². The molecule has 11 heavy (non-hydrogen) atoms. The lowest BCUT2D eigenvalue weighted by molar-refractivity contribution is 0.361. The molecule has 60 valence electrons. The number of nitrogens with two attached hydrogens (primary N) is 1. The number of hydrogen-bond donors (Lipinski definition) is 1. The van der Waals surface area contributed by atoms with Crippen molar-refractivity contribution in [2.24, 2.45) is 5.73 Å². The van der Waals surface area contributed by atoms with Crippen LogP contribution in [0.15, 0.2) is 24.4 Å². The summed E-state index contributed by atoms with van der Waals surface area (Å²) in [5.74, 6) is 0. The van der Waals surface area contributed by atoms with Gasteiger partial charge in [0.25, 0.3) is 0 Å². The van der Waals surface area contributed by atoms with E-state index in [1.54, 1.807) is 17.2 Å². The zero-order chi connectivity index (χ0) is 8.85. The fraction of sp³-hybridized carbons (Fsp3) is 0.375. The average Bonchev–Trinajstić information content (AvgIpc) is 1.99. The van der Waals surface area contributed by atoms with Crippen LogP contribution in [-0.4, -0.2) is 18.1 Å². The van der Waals surface area contributed by atoms with E-state index < -0.39 is 0 Å². The van der Waals surface area contributed by atoms with E-state index in [9.17, 15) is 0 Å². The smallest absolute Gasteiger partial charge is 0.0985 e. The van der Waals surface area contributed by atoms with Crippen molar-refractivity contribution in [1.82, 2.24) is 4.90 Å². The minimum Gasteiger partial charge on any atom is -0.366 e. The number of rotatable bonds is 3. The molecule has 0 aromatic carbocycles. The van der Waals surface area contributed by atoms with E-state index in [0.717, 1.165) is 0 Å². The molecule has 0 saturated carbocycles. The van der Waals surface area contributed by atoms with Crippen molar-refractivity contribution in [2.75, 3.05) is 7.05 Å².